The second-order valence-corrected chi connectivity index (χ2v) is 7.49. The molecule has 140 valence electrons. The van der Waals surface area contributed by atoms with Crippen LogP contribution >= 0.6 is 11.6 Å². The van der Waals surface area contributed by atoms with Crippen LogP contribution in [0.4, 0.5) is 10.5 Å². The molecule has 0 bridgehead atoms. The highest BCUT2D eigenvalue weighted by Crippen LogP contribution is 2.37. The summed E-state index contributed by atoms with van der Waals surface area (Å²) in [6.45, 7) is 7.78. The number of hydrogen-bond donors (Lipinski definition) is 0. The number of amides is 3. The summed E-state index contributed by atoms with van der Waals surface area (Å²) in [5, 5.41) is 0.616. The highest BCUT2D eigenvalue weighted by atomic mass is 35.5. The molecule has 1 fully saturated rings. The third kappa shape index (κ3) is 2.61. The SMILES string of the molecule is C=C(C)CN1C(=O)C2C(N=C3N(c4cccc(Cl)c4)C(C)=CN32)N(C)C1=O. The molecule has 2 atom stereocenters. The van der Waals surface area contributed by atoms with Gasteiger partial charge in [0.2, 0.25) is 5.96 Å². The van der Waals surface area contributed by atoms with E-state index < -0.39 is 12.2 Å². The smallest absolute Gasteiger partial charge is 0.302 e. The molecular weight excluding hydrogens is 366 g/mol. The van der Waals surface area contributed by atoms with E-state index in [1.54, 1.807) is 20.0 Å². The molecule has 1 aromatic rings. The summed E-state index contributed by atoms with van der Waals surface area (Å²) in [6, 6.07) is 6.51. The Labute approximate surface area is 162 Å². The van der Waals surface area contributed by atoms with Crippen molar-refractivity contribution < 1.29 is 9.59 Å². The molecule has 0 aromatic heterocycles. The Morgan fingerprint density at radius 1 is 1.33 bits per heavy atom. The molecule has 1 saturated heterocycles. The fraction of sp³-hybridized carbons (Fsp3) is 0.316. The van der Waals surface area contributed by atoms with E-state index in [0.29, 0.717) is 11.0 Å². The van der Waals surface area contributed by atoms with Crippen LogP contribution in [-0.2, 0) is 4.79 Å². The lowest BCUT2D eigenvalue weighted by Crippen LogP contribution is -2.64. The van der Waals surface area contributed by atoms with Crippen LogP contribution in [0.1, 0.15) is 13.8 Å². The Bertz CT molecular complexity index is 924. The number of carbonyl (C=O) groups excluding carboxylic acids is 2. The van der Waals surface area contributed by atoms with E-state index in [0.717, 1.165) is 17.0 Å². The van der Waals surface area contributed by atoms with Gasteiger partial charge in [0.05, 0.1) is 12.2 Å². The van der Waals surface area contributed by atoms with E-state index in [9.17, 15) is 9.59 Å². The van der Waals surface area contributed by atoms with Crippen molar-refractivity contribution in [2.24, 2.45) is 4.99 Å². The second kappa shape index (κ2) is 6.13. The molecule has 3 heterocycles. The van der Waals surface area contributed by atoms with Gasteiger partial charge in [-0.1, -0.05) is 29.8 Å². The predicted molar refractivity (Wildman–Crippen MR) is 104 cm³/mol. The van der Waals surface area contributed by atoms with Crippen molar-refractivity contribution in [2.45, 2.75) is 26.1 Å². The van der Waals surface area contributed by atoms with Gasteiger partial charge in [-0.25, -0.2) is 9.79 Å². The molecular formula is C19H20ClN5O2. The summed E-state index contributed by atoms with van der Waals surface area (Å²) in [4.78, 5) is 37.0. The third-order valence-electron chi connectivity index (χ3n) is 4.88. The Morgan fingerprint density at radius 2 is 2.07 bits per heavy atom. The maximum Gasteiger partial charge on any atom is 0.328 e. The van der Waals surface area contributed by atoms with Gasteiger partial charge in [-0.3, -0.25) is 14.6 Å². The fourth-order valence-electron chi connectivity index (χ4n) is 3.70. The van der Waals surface area contributed by atoms with E-state index in [1.165, 1.54) is 9.80 Å². The van der Waals surface area contributed by atoms with Gasteiger partial charge >= 0.3 is 6.03 Å². The molecule has 4 rings (SSSR count). The molecule has 0 radical (unpaired) electrons. The van der Waals surface area contributed by atoms with Gasteiger partial charge in [-0.15, -0.1) is 0 Å². The minimum absolute atomic E-state index is 0.203. The zero-order chi connectivity index (χ0) is 19.5. The molecule has 3 aliphatic rings. The summed E-state index contributed by atoms with van der Waals surface area (Å²) < 4.78 is 0. The zero-order valence-corrected chi connectivity index (χ0v) is 16.1. The Hall–Kier alpha value is -2.80. The van der Waals surface area contributed by atoms with Crippen molar-refractivity contribution in [1.29, 1.82) is 0 Å². The maximum absolute atomic E-state index is 13.1. The Kier molecular flexibility index (Phi) is 3.99. The number of carbonyl (C=O) groups is 2. The number of imide groups is 1. The predicted octanol–water partition coefficient (Wildman–Crippen LogP) is 2.86. The highest BCUT2D eigenvalue weighted by Gasteiger charge is 2.54. The molecule has 0 aliphatic carbocycles. The fourth-order valence-corrected chi connectivity index (χ4v) is 3.89. The molecule has 0 N–H and O–H groups in total. The molecule has 0 spiro atoms. The number of nitrogens with zero attached hydrogens (tertiary/aromatic N) is 5. The van der Waals surface area contributed by atoms with Gasteiger partial charge in [0.15, 0.2) is 12.2 Å². The summed E-state index contributed by atoms with van der Waals surface area (Å²) in [7, 11) is 1.67. The monoisotopic (exact) mass is 385 g/mol. The van der Waals surface area contributed by atoms with Gasteiger partial charge in [-0.05, 0) is 32.0 Å². The van der Waals surface area contributed by atoms with E-state index in [4.69, 9.17) is 16.6 Å². The molecule has 3 aliphatic heterocycles. The number of anilines is 1. The first-order valence-electron chi connectivity index (χ1n) is 8.62. The number of guanidine groups is 1. The second-order valence-electron chi connectivity index (χ2n) is 7.06. The Morgan fingerprint density at radius 3 is 2.74 bits per heavy atom. The number of fused-ring (bicyclic) bond motifs is 3. The molecule has 8 heteroatoms. The van der Waals surface area contributed by atoms with E-state index in [2.05, 4.69) is 6.58 Å². The number of halogens is 1. The lowest BCUT2D eigenvalue weighted by atomic mass is 10.1. The van der Waals surface area contributed by atoms with Gasteiger partial charge in [0.25, 0.3) is 5.91 Å². The number of urea groups is 1. The topological polar surface area (TPSA) is 59.5 Å². The van der Waals surface area contributed by atoms with Gasteiger partial charge in [-0.2, -0.15) is 0 Å². The molecule has 27 heavy (non-hydrogen) atoms. The van der Waals surface area contributed by atoms with Crippen molar-refractivity contribution in [2.75, 3.05) is 18.5 Å². The standard InChI is InChI=1S/C19H20ClN5O2/c1-11(2)9-24-17(26)15-16(22(4)19(24)27)21-18-23(15)10-12(3)25(18)14-7-5-6-13(20)8-14/h5-8,10,15-16H,1,9H2,2-4H3. The lowest BCUT2D eigenvalue weighted by molar-refractivity contribution is -0.136. The van der Waals surface area contributed by atoms with Crippen LogP contribution < -0.4 is 4.90 Å². The van der Waals surface area contributed by atoms with Crippen molar-refractivity contribution in [3.8, 4) is 0 Å². The summed E-state index contributed by atoms with van der Waals surface area (Å²) in [6.07, 6.45) is 1.33. The van der Waals surface area contributed by atoms with Crippen molar-refractivity contribution in [3.05, 3.63) is 53.3 Å². The number of allylic oxidation sites excluding steroid dienone is 1. The summed E-state index contributed by atoms with van der Waals surface area (Å²) >= 11 is 6.15. The molecule has 1 aromatic carbocycles. The average Bonchev–Trinajstić information content (AvgIpc) is 3.11. The highest BCUT2D eigenvalue weighted by molar-refractivity contribution is 6.31. The van der Waals surface area contributed by atoms with Crippen molar-refractivity contribution in [1.82, 2.24) is 14.7 Å². The maximum atomic E-state index is 13.1. The zero-order valence-electron chi connectivity index (χ0n) is 15.4. The summed E-state index contributed by atoms with van der Waals surface area (Å²) in [5.41, 5.74) is 2.53. The van der Waals surface area contributed by atoms with E-state index in [-0.39, 0.29) is 18.5 Å². The first-order valence-corrected chi connectivity index (χ1v) is 9.00. The number of benzene rings is 1. The Balaban J connectivity index is 1.73. The van der Waals surface area contributed by atoms with Gasteiger partial charge in [0.1, 0.15) is 0 Å². The molecule has 2 unspecified atom stereocenters. The first-order chi connectivity index (χ1) is 12.8. The van der Waals surface area contributed by atoms with Crippen LogP contribution in [0.25, 0.3) is 0 Å². The van der Waals surface area contributed by atoms with Crippen LogP contribution in [0.5, 0.6) is 0 Å². The largest absolute Gasteiger partial charge is 0.328 e. The van der Waals surface area contributed by atoms with Crippen LogP contribution in [0.3, 0.4) is 0 Å². The molecule has 0 saturated carbocycles. The van der Waals surface area contributed by atoms with Crippen LogP contribution in [-0.4, -0.2) is 58.4 Å². The minimum Gasteiger partial charge on any atom is -0.302 e. The number of aliphatic imine (C=N–C) groups is 1. The van der Waals surface area contributed by atoms with Gasteiger partial charge < -0.3 is 9.80 Å². The van der Waals surface area contributed by atoms with Crippen LogP contribution in [0.2, 0.25) is 5.02 Å². The van der Waals surface area contributed by atoms with Crippen molar-refractivity contribution in [3.63, 3.8) is 0 Å². The van der Waals surface area contributed by atoms with Crippen LogP contribution in [0.15, 0.2) is 53.3 Å². The van der Waals surface area contributed by atoms with E-state index in [1.807, 2.05) is 41.1 Å². The first kappa shape index (κ1) is 17.6. The minimum atomic E-state index is -0.582. The van der Waals surface area contributed by atoms with Gasteiger partial charge in [0, 0.05) is 24.0 Å². The number of likely N-dealkylation sites (N-methyl/N-ethyl adjacent to an activating group) is 1. The summed E-state index contributed by atoms with van der Waals surface area (Å²) in [5.74, 6) is 0.358. The lowest BCUT2D eigenvalue weighted by Gasteiger charge is -2.40. The quantitative estimate of drug-likeness (QED) is 0.751. The number of rotatable bonds is 3. The third-order valence-corrected chi connectivity index (χ3v) is 5.12. The molecule has 7 nitrogen and oxygen atoms in total. The van der Waals surface area contributed by atoms with E-state index >= 15 is 0 Å². The molecule has 3 amide bonds. The average molecular weight is 386 g/mol. The normalized spacial score (nSPS) is 24.1. The number of hydrogen-bond acceptors (Lipinski definition) is 5. The van der Waals surface area contributed by atoms with Crippen LogP contribution in [0, 0.1) is 0 Å². The van der Waals surface area contributed by atoms with Crippen molar-refractivity contribution >= 4 is 35.2 Å².